The first-order chi connectivity index (χ1) is 11.7. The third-order valence-electron chi connectivity index (χ3n) is 5.36. The molecule has 24 heavy (non-hydrogen) atoms. The number of aromatic nitrogens is 2. The largest absolute Gasteiger partial charge is 0.340 e. The van der Waals surface area contributed by atoms with Crippen LogP contribution in [0.25, 0.3) is 5.69 Å². The molecule has 0 N–H and O–H groups in total. The van der Waals surface area contributed by atoms with Gasteiger partial charge in [0.15, 0.2) is 0 Å². The molecule has 2 heterocycles. The number of amides is 1. The molecule has 2 bridgehead atoms. The predicted molar refractivity (Wildman–Crippen MR) is 92.7 cm³/mol. The Morgan fingerprint density at radius 1 is 1.29 bits per heavy atom. The molecule has 5 heteroatoms. The maximum absolute atomic E-state index is 12.5. The van der Waals surface area contributed by atoms with E-state index >= 15 is 0 Å². The van der Waals surface area contributed by atoms with Gasteiger partial charge in [0.2, 0.25) is 5.91 Å². The Bertz CT molecular complexity index is 711. The van der Waals surface area contributed by atoms with Gasteiger partial charge in [0.05, 0.1) is 18.4 Å². The van der Waals surface area contributed by atoms with Crippen LogP contribution < -0.4 is 0 Å². The van der Waals surface area contributed by atoms with Crippen molar-refractivity contribution in [1.29, 1.82) is 0 Å². The van der Waals surface area contributed by atoms with Crippen molar-refractivity contribution in [2.75, 3.05) is 20.1 Å². The van der Waals surface area contributed by atoms with E-state index in [0.717, 1.165) is 23.7 Å². The van der Waals surface area contributed by atoms with E-state index in [1.807, 2.05) is 59.4 Å². The molecule has 5 nitrogen and oxygen atoms in total. The molecule has 0 unspecified atom stereocenters. The average molecular weight is 324 g/mol. The van der Waals surface area contributed by atoms with E-state index in [0.29, 0.717) is 19.1 Å². The number of fused-ring (bicyclic) bond motifs is 2. The number of hydrogen-bond acceptors (Lipinski definition) is 3. The first-order valence-electron chi connectivity index (χ1n) is 8.76. The number of para-hydroxylation sites is 1. The minimum Gasteiger partial charge on any atom is -0.340 e. The number of likely N-dealkylation sites (N-methyl/N-ethyl adjacent to an activating group) is 1. The highest BCUT2D eigenvalue weighted by Crippen LogP contribution is 2.37. The number of carbonyl (C=O) groups excluding carboxylic acids is 1. The van der Waals surface area contributed by atoms with Gasteiger partial charge in [-0.15, -0.1) is 0 Å². The lowest BCUT2D eigenvalue weighted by Gasteiger charge is -2.28. The highest BCUT2D eigenvalue weighted by atomic mass is 16.2. The van der Waals surface area contributed by atoms with Crippen LogP contribution in [0.4, 0.5) is 0 Å². The fourth-order valence-electron chi connectivity index (χ4n) is 4.04. The lowest BCUT2D eigenvalue weighted by molar-refractivity contribution is -0.132. The first-order valence-corrected chi connectivity index (χ1v) is 8.76. The summed E-state index contributed by atoms with van der Waals surface area (Å²) in [5, 5.41) is 4.40. The van der Waals surface area contributed by atoms with E-state index in [4.69, 9.17) is 0 Å². The number of hydrogen-bond donors (Lipinski definition) is 0. The van der Waals surface area contributed by atoms with Crippen LogP contribution in [0.3, 0.4) is 0 Å². The number of benzene rings is 1. The van der Waals surface area contributed by atoms with Crippen LogP contribution in [-0.2, 0) is 11.3 Å². The molecule has 1 aliphatic carbocycles. The van der Waals surface area contributed by atoms with Gasteiger partial charge in [0.1, 0.15) is 0 Å². The van der Waals surface area contributed by atoms with Crippen LogP contribution in [-0.4, -0.2) is 51.7 Å². The molecule has 1 saturated carbocycles. The van der Waals surface area contributed by atoms with Crippen LogP contribution in [0.15, 0.2) is 42.7 Å². The van der Waals surface area contributed by atoms with Gasteiger partial charge >= 0.3 is 0 Å². The van der Waals surface area contributed by atoms with Gasteiger partial charge in [0, 0.05) is 37.9 Å². The van der Waals surface area contributed by atoms with E-state index in [2.05, 4.69) is 10.00 Å². The van der Waals surface area contributed by atoms with Gasteiger partial charge in [0.25, 0.3) is 0 Å². The maximum atomic E-state index is 12.5. The Labute approximate surface area is 142 Å². The molecule has 2 fully saturated rings. The summed E-state index contributed by atoms with van der Waals surface area (Å²) in [6.07, 6.45) is 7.75. The molecule has 2 aliphatic rings. The molecule has 1 amide bonds. The zero-order chi connectivity index (χ0) is 16.5. The van der Waals surface area contributed by atoms with E-state index in [1.165, 1.54) is 19.3 Å². The first kappa shape index (κ1) is 15.4. The van der Waals surface area contributed by atoms with Gasteiger partial charge < -0.3 is 4.90 Å². The second-order valence-electron chi connectivity index (χ2n) is 7.14. The molecule has 1 aromatic heterocycles. The van der Waals surface area contributed by atoms with Crippen LogP contribution in [0.2, 0.25) is 0 Å². The van der Waals surface area contributed by atoms with E-state index in [9.17, 15) is 4.79 Å². The molecular formula is C19H24N4O. The molecule has 2 atom stereocenters. The monoisotopic (exact) mass is 324 g/mol. The number of likely N-dealkylation sites (tertiary alicyclic amines) is 1. The zero-order valence-corrected chi connectivity index (χ0v) is 14.1. The van der Waals surface area contributed by atoms with Gasteiger partial charge in [-0.3, -0.25) is 9.69 Å². The third kappa shape index (κ3) is 3.08. The summed E-state index contributed by atoms with van der Waals surface area (Å²) in [6, 6.07) is 10.7. The van der Waals surface area contributed by atoms with Crippen molar-refractivity contribution < 1.29 is 4.79 Å². The molecule has 1 saturated heterocycles. The Hall–Kier alpha value is -2.14. The maximum Gasteiger partial charge on any atom is 0.236 e. The molecule has 0 radical (unpaired) electrons. The smallest absolute Gasteiger partial charge is 0.236 e. The highest BCUT2D eigenvalue weighted by Gasteiger charge is 2.38. The number of carbonyl (C=O) groups is 1. The summed E-state index contributed by atoms with van der Waals surface area (Å²) in [5.74, 6) is 1.03. The van der Waals surface area contributed by atoms with Crippen molar-refractivity contribution >= 4 is 5.91 Å². The minimum absolute atomic E-state index is 0.204. The van der Waals surface area contributed by atoms with Crippen molar-refractivity contribution in [3.63, 3.8) is 0 Å². The third-order valence-corrected chi connectivity index (χ3v) is 5.36. The second-order valence-corrected chi connectivity index (χ2v) is 7.14. The average Bonchev–Trinajstić information content (AvgIpc) is 3.32. The van der Waals surface area contributed by atoms with Crippen molar-refractivity contribution in [2.45, 2.75) is 31.8 Å². The van der Waals surface area contributed by atoms with Crippen LogP contribution in [0.1, 0.15) is 24.8 Å². The molecule has 126 valence electrons. The van der Waals surface area contributed by atoms with E-state index < -0.39 is 0 Å². The summed E-state index contributed by atoms with van der Waals surface area (Å²) in [4.78, 5) is 16.7. The summed E-state index contributed by atoms with van der Waals surface area (Å²) in [5.41, 5.74) is 2.09. The Balaban J connectivity index is 1.35. The molecule has 4 rings (SSSR count). The van der Waals surface area contributed by atoms with Crippen LogP contribution in [0, 0.1) is 5.92 Å². The van der Waals surface area contributed by atoms with E-state index in [-0.39, 0.29) is 5.91 Å². The van der Waals surface area contributed by atoms with Gasteiger partial charge in [-0.1, -0.05) is 18.2 Å². The number of piperidine rings is 1. The molecular weight excluding hydrogens is 300 g/mol. The summed E-state index contributed by atoms with van der Waals surface area (Å²) in [6.45, 7) is 2.27. The minimum atomic E-state index is 0.204. The van der Waals surface area contributed by atoms with Crippen LogP contribution in [0.5, 0.6) is 0 Å². The predicted octanol–water partition coefficient (Wildman–Crippen LogP) is 2.32. The Kier molecular flexibility index (Phi) is 4.10. The number of nitrogens with zero attached hydrogens (tertiary/aromatic N) is 4. The van der Waals surface area contributed by atoms with Crippen molar-refractivity contribution in [1.82, 2.24) is 19.6 Å². The fourth-order valence-corrected chi connectivity index (χ4v) is 4.04. The van der Waals surface area contributed by atoms with Crippen molar-refractivity contribution in [2.24, 2.45) is 5.92 Å². The fraction of sp³-hybridized carbons (Fsp3) is 0.474. The standard InChI is InChI=1S/C19H24N4O/c1-21(19(24)14-22-12-15-7-8-18(22)9-15)11-16-10-20-23(13-16)17-5-3-2-4-6-17/h2-6,10,13,15,18H,7-9,11-12,14H2,1H3/t15-,18+/m0/s1. The zero-order valence-electron chi connectivity index (χ0n) is 14.1. The van der Waals surface area contributed by atoms with Crippen molar-refractivity contribution in [3.8, 4) is 5.69 Å². The molecule has 1 aliphatic heterocycles. The summed E-state index contributed by atoms with van der Waals surface area (Å²) < 4.78 is 1.85. The Morgan fingerprint density at radius 3 is 2.83 bits per heavy atom. The number of rotatable bonds is 5. The van der Waals surface area contributed by atoms with Gasteiger partial charge in [-0.25, -0.2) is 4.68 Å². The lowest BCUT2D eigenvalue weighted by Crippen LogP contribution is -2.41. The SMILES string of the molecule is CN(Cc1cnn(-c2ccccc2)c1)C(=O)CN1C[C@H]2CC[C@@H]1C2. The molecule has 2 aromatic rings. The van der Waals surface area contributed by atoms with Crippen LogP contribution >= 0.6 is 0 Å². The quantitative estimate of drug-likeness (QED) is 0.847. The summed E-state index contributed by atoms with van der Waals surface area (Å²) >= 11 is 0. The van der Waals surface area contributed by atoms with Crippen molar-refractivity contribution in [3.05, 3.63) is 48.3 Å². The lowest BCUT2D eigenvalue weighted by atomic mass is 10.1. The normalized spacial score (nSPS) is 22.9. The summed E-state index contributed by atoms with van der Waals surface area (Å²) in [7, 11) is 1.89. The molecule has 0 spiro atoms. The topological polar surface area (TPSA) is 41.4 Å². The Morgan fingerprint density at radius 2 is 2.12 bits per heavy atom. The van der Waals surface area contributed by atoms with E-state index in [1.54, 1.807) is 0 Å². The molecule has 1 aromatic carbocycles. The second kappa shape index (κ2) is 6.40. The highest BCUT2D eigenvalue weighted by molar-refractivity contribution is 5.78. The van der Waals surface area contributed by atoms with Gasteiger partial charge in [-0.05, 0) is 37.3 Å². The van der Waals surface area contributed by atoms with Gasteiger partial charge in [-0.2, -0.15) is 5.10 Å².